The number of hydrogen-bond acceptors (Lipinski definition) is 6. The molecule has 7 nitrogen and oxygen atoms in total. The van der Waals surface area contributed by atoms with Crippen molar-refractivity contribution in [2.45, 2.75) is 37.6 Å². The second kappa shape index (κ2) is 8.62. The van der Waals surface area contributed by atoms with Crippen LogP contribution in [0.15, 0.2) is 49.1 Å². The number of carbonyl (C=O) groups excluding carboxylic acids is 1. The monoisotopic (exact) mass is 473 g/mol. The van der Waals surface area contributed by atoms with Crippen LogP contribution in [0.25, 0.3) is 11.4 Å². The van der Waals surface area contributed by atoms with Gasteiger partial charge in [0.05, 0.1) is 24.0 Å². The third-order valence-electron chi connectivity index (χ3n) is 6.19. The van der Waals surface area contributed by atoms with Crippen LogP contribution in [0.4, 0.5) is 17.6 Å². The van der Waals surface area contributed by atoms with E-state index in [0.29, 0.717) is 25.6 Å². The van der Waals surface area contributed by atoms with Crippen LogP contribution in [-0.4, -0.2) is 49.4 Å². The first-order valence-electron chi connectivity index (χ1n) is 10.7. The van der Waals surface area contributed by atoms with Gasteiger partial charge in [0, 0.05) is 24.5 Å². The fourth-order valence-corrected chi connectivity index (χ4v) is 4.65. The molecule has 2 aromatic heterocycles. The predicted octanol–water partition coefficient (Wildman–Crippen LogP) is 4.16. The van der Waals surface area contributed by atoms with Crippen LogP contribution in [-0.2, 0) is 6.18 Å². The number of fused-ring (bicyclic) bond motifs is 3. The Bertz CT molecular complexity index is 1190. The first-order chi connectivity index (χ1) is 16.3. The molecule has 34 heavy (non-hydrogen) atoms. The number of benzene rings is 1. The number of rotatable bonds is 4. The van der Waals surface area contributed by atoms with Crippen LogP contribution in [0.1, 0.15) is 35.3 Å². The van der Waals surface area contributed by atoms with E-state index in [1.165, 1.54) is 30.6 Å². The van der Waals surface area contributed by atoms with E-state index in [9.17, 15) is 22.4 Å². The molecule has 0 spiro atoms. The number of amides is 1. The van der Waals surface area contributed by atoms with Crippen molar-refractivity contribution < 1.29 is 27.1 Å². The van der Waals surface area contributed by atoms with Gasteiger partial charge in [-0.25, -0.2) is 24.3 Å². The highest BCUT2D eigenvalue weighted by atomic mass is 19.4. The van der Waals surface area contributed by atoms with Gasteiger partial charge in [0.1, 0.15) is 11.9 Å². The van der Waals surface area contributed by atoms with Gasteiger partial charge in [-0.2, -0.15) is 13.2 Å². The summed E-state index contributed by atoms with van der Waals surface area (Å²) in [5.74, 6) is -0.443. The first-order valence-corrected chi connectivity index (χ1v) is 10.7. The Labute approximate surface area is 191 Å². The third kappa shape index (κ3) is 4.29. The summed E-state index contributed by atoms with van der Waals surface area (Å²) >= 11 is 0. The summed E-state index contributed by atoms with van der Waals surface area (Å²) < 4.78 is 58.2. The summed E-state index contributed by atoms with van der Waals surface area (Å²) in [6, 6.07) is 5.18. The summed E-state index contributed by atoms with van der Waals surface area (Å²) in [7, 11) is 0. The molecule has 11 heteroatoms. The van der Waals surface area contributed by atoms with Crippen molar-refractivity contribution in [1.82, 2.24) is 24.8 Å². The lowest BCUT2D eigenvalue weighted by atomic mass is 9.77. The quantitative estimate of drug-likeness (QED) is 0.530. The molecule has 4 heterocycles. The van der Waals surface area contributed by atoms with E-state index in [0.717, 1.165) is 12.6 Å². The fraction of sp³-hybridized carbons (Fsp3) is 0.348. The number of piperidine rings is 2. The molecule has 1 aromatic carbocycles. The van der Waals surface area contributed by atoms with E-state index in [-0.39, 0.29) is 40.7 Å². The molecule has 176 valence electrons. The Hall–Kier alpha value is -3.63. The summed E-state index contributed by atoms with van der Waals surface area (Å²) in [6.07, 6.45) is 1.80. The summed E-state index contributed by atoms with van der Waals surface area (Å²) in [5.41, 5.74) is -0.542. The maximum absolute atomic E-state index is 14.0. The second-order valence-electron chi connectivity index (χ2n) is 8.36. The maximum Gasteiger partial charge on any atom is 0.434 e. The molecule has 6 rings (SSSR count). The molecule has 1 amide bonds. The Morgan fingerprint density at radius 2 is 1.85 bits per heavy atom. The smallest absolute Gasteiger partial charge is 0.434 e. The Morgan fingerprint density at radius 3 is 2.53 bits per heavy atom. The molecule has 3 atom stereocenters. The van der Waals surface area contributed by atoms with Gasteiger partial charge in [0.2, 0.25) is 5.88 Å². The summed E-state index contributed by atoms with van der Waals surface area (Å²) in [5, 5.41) is 0. The molecule has 0 N–H and O–H groups in total. The Morgan fingerprint density at radius 1 is 1.06 bits per heavy atom. The van der Waals surface area contributed by atoms with Gasteiger partial charge >= 0.3 is 6.18 Å². The van der Waals surface area contributed by atoms with Crippen molar-refractivity contribution in [3.8, 4) is 17.3 Å². The molecule has 0 unspecified atom stereocenters. The number of halogens is 4. The van der Waals surface area contributed by atoms with Gasteiger partial charge in [-0.15, -0.1) is 0 Å². The van der Waals surface area contributed by atoms with Crippen molar-refractivity contribution in [3.05, 3.63) is 66.1 Å². The topological polar surface area (TPSA) is 81.1 Å². The highest BCUT2D eigenvalue weighted by Crippen LogP contribution is 2.39. The zero-order valence-electron chi connectivity index (χ0n) is 17.7. The molecule has 0 radical (unpaired) electrons. The van der Waals surface area contributed by atoms with Crippen molar-refractivity contribution in [1.29, 1.82) is 0 Å². The normalized spacial score (nSPS) is 22.0. The maximum atomic E-state index is 14.0. The number of nitrogens with zero attached hydrogens (tertiary/aromatic N) is 5. The first kappa shape index (κ1) is 22.2. The molecule has 1 saturated carbocycles. The van der Waals surface area contributed by atoms with Crippen LogP contribution >= 0.6 is 0 Å². The number of aromatic nitrogens is 4. The molecular weight excluding hydrogens is 454 g/mol. The minimum atomic E-state index is -4.59. The average molecular weight is 473 g/mol. The van der Waals surface area contributed by atoms with Gasteiger partial charge in [-0.1, -0.05) is 0 Å². The van der Waals surface area contributed by atoms with Crippen LogP contribution in [0.5, 0.6) is 5.88 Å². The van der Waals surface area contributed by atoms with Gasteiger partial charge in [0.25, 0.3) is 5.91 Å². The highest BCUT2D eigenvalue weighted by Gasteiger charge is 2.45. The molecule has 3 fully saturated rings. The second-order valence-corrected chi connectivity index (χ2v) is 8.36. The number of alkyl halides is 3. The zero-order valence-corrected chi connectivity index (χ0v) is 17.7. The number of carbonyl (C=O) groups is 1. The lowest BCUT2D eigenvalue weighted by Gasteiger charge is -2.49. The molecular formula is C23H19F4N5O2. The van der Waals surface area contributed by atoms with E-state index in [2.05, 4.69) is 19.9 Å². The summed E-state index contributed by atoms with van der Waals surface area (Å²) in [4.78, 5) is 30.7. The van der Waals surface area contributed by atoms with E-state index in [1.54, 1.807) is 11.0 Å². The van der Waals surface area contributed by atoms with Crippen LogP contribution in [0.3, 0.4) is 0 Å². The lowest BCUT2D eigenvalue weighted by Crippen LogP contribution is -2.59. The van der Waals surface area contributed by atoms with Crippen LogP contribution in [0.2, 0.25) is 0 Å². The van der Waals surface area contributed by atoms with Crippen LogP contribution < -0.4 is 4.74 Å². The lowest BCUT2D eigenvalue weighted by molar-refractivity contribution is -0.141. The molecule has 1 aliphatic carbocycles. The zero-order chi connectivity index (χ0) is 23.9. The van der Waals surface area contributed by atoms with Crippen molar-refractivity contribution in [2.75, 3.05) is 6.54 Å². The summed E-state index contributed by atoms with van der Waals surface area (Å²) in [6.45, 7) is 0.508. The van der Waals surface area contributed by atoms with E-state index in [1.807, 2.05) is 0 Å². The molecule has 2 bridgehead atoms. The largest absolute Gasteiger partial charge is 0.471 e. The average Bonchev–Trinajstić information content (AvgIpc) is 2.84. The van der Waals surface area contributed by atoms with Crippen molar-refractivity contribution in [2.24, 2.45) is 5.92 Å². The van der Waals surface area contributed by atoms with Crippen LogP contribution in [0, 0.1) is 11.7 Å². The third-order valence-corrected chi connectivity index (χ3v) is 6.19. The molecule has 2 saturated heterocycles. The minimum Gasteiger partial charge on any atom is -0.471 e. The molecule has 3 aromatic rings. The van der Waals surface area contributed by atoms with E-state index >= 15 is 0 Å². The van der Waals surface area contributed by atoms with Gasteiger partial charge in [0.15, 0.2) is 11.5 Å². The Kier molecular flexibility index (Phi) is 5.62. The Balaban J connectivity index is 1.40. The van der Waals surface area contributed by atoms with Crippen molar-refractivity contribution >= 4 is 5.91 Å². The molecule has 3 aliphatic rings. The minimum absolute atomic E-state index is 0.0295. The highest BCUT2D eigenvalue weighted by molar-refractivity contribution is 6.00. The number of ether oxygens (including phenoxy) is 1. The predicted molar refractivity (Wildman–Crippen MR) is 111 cm³/mol. The van der Waals surface area contributed by atoms with E-state index in [4.69, 9.17) is 4.74 Å². The van der Waals surface area contributed by atoms with Gasteiger partial charge in [-0.05, 0) is 49.4 Å². The van der Waals surface area contributed by atoms with Gasteiger partial charge in [-0.3, -0.25) is 4.79 Å². The fourth-order valence-electron chi connectivity index (χ4n) is 4.65. The number of hydrogen-bond donors (Lipinski definition) is 0. The SMILES string of the molecule is O=C(c1ccc(F)cc1-c1ncccn1)N1C[C@@H]2CC[C@H]1[C@H](Oc1cnc(C(F)(F)F)cn1)C2. The van der Waals surface area contributed by atoms with E-state index < -0.39 is 23.8 Å². The van der Waals surface area contributed by atoms with Gasteiger partial charge < -0.3 is 9.64 Å². The van der Waals surface area contributed by atoms with Crippen molar-refractivity contribution in [3.63, 3.8) is 0 Å². The molecule has 2 aliphatic heterocycles. The standard InChI is InChI=1S/C23H19F4N5O2/c24-14-3-4-15(16(9-14)21-28-6-1-7-29-21)22(33)32-12-13-2-5-17(32)18(8-13)34-20-11-30-19(10-31-20)23(25,26)27/h1,3-4,6-7,9-11,13,17-18H,2,5,8,12H2/t13-,17+,18-/m1/s1.